The molecule has 1 unspecified atom stereocenters. The molecule has 0 radical (unpaired) electrons. The molecule has 2 aromatic rings. The summed E-state index contributed by atoms with van der Waals surface area (Å²) in [6.45, 7) is 1.93. The van der Waals surface area contributed by atoms with Crippen LogP contribution in [0.1, 0.15) is 22.5 Å². The summed E-state index contributed by atoms with van der Waals surface area (Å²) < 4.78 is 15.3. The van der Waals surface area contributed by atoms with Crippen molar-refractivity contribution in [2.24, 2.45) is 0 Å². The molecule has 1 amide bonds. The van der Waals surface area contributed by atoms with Gasteiger partial charge in [-0.1, -0.05) is 12.1 Å². The zero-order valence-corrected chi connectivity index (χ0v) is 13.6. The molecule has 1 fully saturated rings. The van der Waals surface area contributed by atoms with E-state index in [9.17, 15) is 14.3 Å². The van der Waals surface area contributed by atoms with Crippen molar-refractivity contribution in [3.05, 3.63) is 47.5 Å². The van der Waals surface area contributed by atoms with Gasteiger partial charge in [0.2, 0.25) is 0 Å². The van der Waals surface area contributed by atoms with Crippen molar-refractivity contribution in [3.8, 4) is 5.69 Å². The average Bonchev–Trinajstić information content (AvgIpc) is 3.13. The van der Waals surface area contributed by atoms with Gasteiger partial charge in [0.1, 0.15) is 11.5 Å². The molecule has 0 saturated carbocycles. The molecular formula is C16H18FN3O2S. The molecule has 1 aliphatic rings. The highest BCUT2D eigenvalue weighted by Gasteiger charge is 2.32. The molecule has 0 bridgehead atoms. The van der Waals surface area contributed by atoms with Crippen LogP contribution < -0.4 is 5.32 Å². The number of amides is 1. The zero-order valence-electron chi connectivity index (χ0n) is 12.8. The summed E-state index contributed by atoms with van der Waals surface area (Å²) >= 11 is 1.68. The lowest BCUT2D eigenvalue weighted by Crippen LogP contribution is -2.43. The van der Waals surface area contributed by atoms with Crippen LogP contribution in [0.4, 0.5) is 4.39 Å². The first-order valence-electron chi connectivity index (χ1n) is 7.38. The van der Waals surface area contributed by atoms with Crippen LogP contribution in [0.3, 0.4) is 0 Å². The molecule has 5 nitrogen and oxygen atoms in total. The van der Waals surface area contributed by atoms with E-state index in [1.165, 1.54) is 16.9 Å². The Morgan fingerprint density at radius 1 is 1.52 bits per heavy atom. The summed E-state index contributed by atoms with van der Waals surface area (Å²) in [4.78, 5) is 12.3. The van der Waals surface area contributed by atoms with Crippen molar-refractivity contribution in [1.29, 1.82) is 0 Å². The van der Waals surface area contributed by atoms with Crippen molar-refractivity contribution in [1.82, 2.24) is 15.1 Å². The standard InChI is InChI=1S/C16H18FN3O2S/c1-11-12(15(21)18-9-16(22)6-7-23-10-16)8-19-20(11)14-5-3-2-4-13(14)17/h2-5,8,22H,6-7,9-10H2,1H3,(H,18,21). The molecule has 23 heavy (non-hydrogen) atoms. The second-order valence-electron chi connectivity index (χ2n) is 5.72. The average molecular weight is 335 g/mol. The third kappa shape index (κ3) is 3.25. The van der Waals surface area contributed by atoms with Gasteiger partial charge in [0.05, 0.1) is 23.1 Å². The normalized spacial score (nSPS) is 20.7. The van der Waals surface area contributed by atoms with Crippen LogP contribution in [0, 0.1) is 12.7 Å². The Labute approximate surface area is 137 Å². The zero-order chi connectivity index (χ0) is 16.4. The van der Waals surface area contributed by atoms with E-state index in [1.807, 2.05) is 0 Å². The van der Waals surface area contributed by atoms with Crippen molar-refractivity contribution < 1.29 is 14.3 Å². The molecule has 2 heterocycles. The number of carbonyl (C=O) groups excluding carboxylic acids is 1. The van der Waals surface area contributed by atoms with Crippen LogP contribution >= 0.6 is 11.8 Å². The first kappa shape index (κ1) is 16.0. The molecular weight excluding hydrogens is 317 g/mol. The molecule has 1 atom stereocenters. The number of halogens is 1. The molecule has 7 heteroatoms. The van der Waals surface area contributed by atoms with Crippen LogP contribution in [0.25, 0.3) is 5.69 Å². The van der Waals surface area contributed by atoms with Crippen LogP contribution in [0.2, 0.25) is 0 Å². The molecule has 122 valence electrons. The fourth-order valence-corrected chi connectivity index (χ4v) is 3.87. The van der Waals surface area contributed by atoms with E-state index in [-0.39, 0.29) is 12.5 Å². The van der Waals surface area contributed by atoms with E-state index in [0.29, 0.717) is 29.1 Å². The first-order valence-corrected chi connectivity index (χ1v) is 8.53. The predicted octanol–water partition coefficient (Wildman–Crippen LogP) is 1.92. The Bertz CT molecular complexity index is 726. The lowest BCUT2D eigenvalue weighted by Gasteiger charge is -2.21. The Morgan fingerprint density at radius 2 is 2.30 bits per heavy atom. The number of hydrogen-bond acceptors (Lipinski definition) is 4. The maximum absolute atomic E-state index is 13.9. The number of nitrogens with zero attached hydrogens (tertiary/aromatic N) is 2. The Morgan fingerprint density at radius 3 is 3.00 bits per heavy atom. The van der Waals surface area contributed by atoms with Crippen LogP contribution in [-0.2, 0) is 0 Å². The summed E-state index contributed by atoms with van der Waals surface area (Å²) in [5, 5.41) is 17.1. The lowest BCUT2D eigenvalue weighted by molar-refractivity contribution is 0.0612. The Hall–Kier alpha value is -1.86. The second-order valence-corrected chi connectivity index (χ2v) is 6.82. The third-order valence-corrected chi connectivity index (χ3v) is 5.23. The molecule has 0 spiro atoms. The van der Waals surface area contributed by atoms with Gasteiger partial charge < -0.3 is 10.4 Å². The van der Waals surface area contributed by atoms with Crippen molar-refractivity contribution in [3.63, 3.8) is 0 Å². The molecule has 0 aliphatic carbocycles. The number of aromatic nitrogens is 2. The molecule has 1 saturated heterocycles. The van der Waals surface area contributed by atoms with Crippen molar-refractivity contribution in [2.45, 2.75) is 18.9 Å². The summed E-state index contributed by atoms with van der Waals surface area (Å²) in [5.74, 6) is 0.815. The summed E-state index contributed by atoms with van der Waals surface area (Å²) in [7, 11) is 0. The highest BCUT2D eigenvalue weighted by atomic mass is 32.2. The minimum Gasteiger partial charge on any atom is -0.387 e. The number of para-hydroxylation sites is 1. The molecule has 1 aromatic heterocycles. The van der Waals surface area contributed by atoms with Gasteiger partial charge in [-0.2, -0.15) is 16.9 Å². The molecule has 2 N–H and O–H groups in total. The van der Waals surface area contributed by atoms with E-state index >= 15 is 0 Å². The number of thioether (sulfide) groups is 1. The summed E-state index contributed by atoms with van der Waals surface area (Å²) in [6.07, 6.45) is 2.09. The maximum Gasteiger partial charge on any atom is 0.254 e. The monoisotopic (exact) mass is 335 g/mol. The van der Waals surface area contributed by atoms with Gasteiger partial charge in [-0.25, -0.2) is 9.07 Å². The third-order valence-electron chi connectivity index (χ3n) is 4.00. The number of hydrogen-bond donors (Lipinski definition) is 2. The number of carbonyl (C=O) groups is 1. The maximum atomic E-state index is 13.9. The topological polar surface area (TPSA) is 67.2 Å². The van der Waals surface area contributed by atoms with Gasteiger partial charge in [-0.15, -0.1) is 0 Å². The quantitative estimate of drug-likeness (QED) is 0.896. The SMILES string of the molecule is Cc1c(C(=O)NCC2(O)CCSC2)cnn1-c1ccccc1F. The van der Waals surface area contributed by atoms with Crippen molar-refractivity contribution in [2.75, 3.05) is 18.1 Å². The van der Waals surface area contributed by atoms with E-state index in [0.717, 1.165) is 5.75 Å². The minimum absolute atomic E-state index is 0.211. The second kappa shape index (κ2) is 6.33. The summed E-state index contributed by atoms with van der Waals surface area (Å²) in [5.41, 5.74) is 0.397. The fourth-order valence-electron chi connectivity index (χ4n) is 2.57. The number of nitrogens with one attached hydrogen (secondary N) is 1. The van der Waals surface area contributed by atoms with Gasteiger partial charge in [0.15, 0.2) is 0 Å². The van der Waals surface area contributed by atoms with Gasteiger partial charge in [-0.05, 0) is 31.2 Å². The molecule has 3 rings (SSSR count). The van der Waals surface area contributed by atoms with Gasteiger partial charge in [-0.3, -0.25) is 4.79 Å². The first-order chi connectivity index (χ1) is 11.0. The van der Waals surface area contributed by atoms with Crippen molar-refractivity contribution >= 4 is 17.7 Å². The largest absolute Gasteiger partial charge is 0.387 e. The van der Waals surface area contributed by atoms with Crippen LogP contribution in [-0.4, -0.2) is 44.4 Å². The van der Waals surface area contributed by atoms with E-state index < -0.39 is 11.4 Å². The highest BCUT2D eigenvalue weighted by molar-refractivity contribution is 7.99. The van der Waals surface area contributed by atoms with E-state index in [4.69, 9.17) is 0 Å². The van der Waals surface area contributed by atoms with Gasteiger partial charge in [0, 0.05) is 12.3 Å². The fraction of sp³-hybridized carbons (Fsp3) is 0.375. The number of aliphatic hydroxyl groups is 1. The van der Waals surface area contributed by atoms with Gasteiger partial charge in [0.25, 0.3) is 5.91 Å². The van der Waals surface area contributed by atoms with E-state index in [1.54, 1.807) is 36.9 Å². The smallest absolute Gasteiger partial charge is 0.254 e. The highest BCUT2D eigenvalue weighted by Crippen LogP contribution is 2.27. The Balaban J connectivity index is 1.76. The lowest BCUT2D eigenvalue weighted by atomic mass is 10.0. The Kier molecular flexibility index (Phi) is 4.41. The van der Waals surface area contributed by atoms with Gasteiger partial charge >= 0.3 is 0 Å². The van der Waals surface area contributed by atoms with Crippen LogP contribution in [0.15, 0.2) is 30.5 Å². The minimum atomic E-state index is -0.838. The van der Waals surface area contributed by atoms with Crippen LogP contribution in [0.5, 0.6) is 0 Å². The predicted molar refractivity (Wildman–Crippen MR) is 87.5 cm³/mol. The molecule has 1 aromatic carbocycles. The number of benzene rings is 1. The summed E-state index contributed by atoms with van der Waals surface area (Å²) in [6, 6.07) is 6.27. The number of rotatable bonds is 4. The van der Waals surface area contributed by atoms with E-state index in [2.05, 4.69) is 10.4 Å². The molecule has 1 aliphatic heterocycles.